The van der Waals surface area contributed by atoms with Crippen molar-refractivity contribution in [2.24, 2.45) is 0 Å². The summed E-state index contributed by atoms with van der Waals surface area (Å²) in [6.45, 7) is 2.10. The minimum Gasteiger partial charge on any atom is -0.454 e. The molecule has 9 heteroatoms. The molecule has 0 saturated carbocycles. The van der Waals surface area contributed by atoms with Crippen LogP contribution in [0.1, 0.15) is 21.5 Å². The maximum absolute atomic E-state index is 13.4. The first-order chi connectivity index (χ1) is 19.9. The first-order valence-electron chi connectivity index (χ1n) is 12.8. The van der Waals surface area contributed by atoms with Gasteiger partial charge in [0.1, 0.15) is 5.70 Å². The number of hydrogen-bond donors (Lipinski definition) is 3. The second-order valence-electron chi connectivity index (χ2n) is 9.12. The van der Waals surface area contributed by atoms with E-state index < -0.39 is 11.8 Å². The van der Waals surface area contributed by atoms with Gasteiger partial charge in [-0.2, -0.15) is 0 Å². The van der Waals surface area contributed by atoms with Crippen LogP contribution in [0.15, 0.2) is 108 Å². The average molecular weight is 566 g/mol. The number of benzene rings is 4. The van der Waals surface area contributed by atoms with Crippen LogP contribution in [0.4, 0.5) is 11.4 Å². The lowest BCUT2D eigenvalue weighted by atomic mass is 10.1. The molecule has 0 spiro atoms. The molecule has 4 aromatic carbocycles. The van der Waals surface area contributed by atoms with Gasteiger partial charge in [-0.15, -0.1) is 11.8 Å². The molecule has 0 atom stereocenters. The van der Waals surface area contributed by atoms with E-state index in [4.69, 9.17) is 9.47 Å². The predicted octanol–water partition coefficient (Wildman–Crippen LogP) is 5.86. The molecule has 206 valence electrons. The molecule has 0 fully saturated rings. The first kappa shape index (κ1) is 27.5. The van der Waals surface area contributed by atoms with E-state index >= 15 is 0 Å². The summed E-state index contributed by atoms with van der Waals surface area (Å²) in [5.74, 6) is 0.355. The van der Waals surface area contributed by atoms with Crippen LogP contribution in [0.25, 0.3) is 6.08 Å². The zero-order valence-corrected chi connectivity index (χ0v) is 23.0. The van der Waals surface area contributed by atoms with Crippen LogP contribution in [0.5, 0.6) is 11.5 Å². The smallest absolute Gasteiger partial charge is 0.272 e. The number of ether oxygens (including phenoxy) is 2. The van der Waals surface area contributed by atoms with Gasteiger partial charge in [0.2, 0.25) is 12.7 Å². The van der Waals surface area contributed by atoms with Crippen molar-refractivity contribution in [3.8, 4) is 11.5 Å². The highest BCUT2D eigenvalue weighted by atomic mass is 32.2. The Morgan fingerprint density at radius 1 is 0.805 bits per heavy atom. The third kappa shape index (κ3) is 7.34. The number of hydrogen-bond acceptors (Lipinski definition) is 6. The maximum atomic E-state index is 13.4. The van der Waals surface area contributed by atoms with Crippen molar-refractivity contribution in [2.45, 2.75) is 11.8 Å². The summed E-state index contributed by atoms with van der Waals surface area (Å²) in [4.78, 5) is 39.6. The molecule has 0 saturated heterocycles. The molecule has 5 rings (SSSR count). The summed E-state index contributed by atoms with van der Waals surface area (Å²) in [7, 11) is 0. The van der Waals surface area contributed by atoms with Crippen LogP contribution < -0.4 is 25.4 Å². The Labute approximate surface area is 241 Å². The fraction of sp³-hybridized carbons (Fsp3) is 0.0938. The van der Waals surface area contributed by atoms with Gasteiger partial charge >= 0.3 is 0 Å². The van der Waals surface area contributed by atoms with Crippen LogP contribution in [0.2, 0.25) is 0 Å². The van der Waals surface area contributed by atoms with Gasteiger partial charge in [0, 0.05) is 27.9 Å². The average Bonchev–Trinajstić information content (AvgIpc) is 3.45. The van der Waals surface area contributed by atoms with E-state index in [0.29, 0.717) is 28.4 Å². The van der Waals surface area contributed by atoms with E-state index in [-0.39, 0.29) is 24.2 Å². The number of carbonyl (C=O) groups excluding carboxylic acids is 3. The Hall–Kier alpha value is -5.02. The number of aryl methyl sites for hydroxylation is 1. The van der Waals surface area contributed by atoms with Gasteiger partial charge in [-0.1, -0.05) is 48.5 Å². The molecule has 0 radical (unpaired) electrons. The highest BCUT2D eigenvalue weighted by Gasteiger charge is 2.17. The molecular weight excluding hydrogens is 538 g/mol. The molecule has 41 heavy (non-hydrogen) atoms. The number of rotatable bonds is 9. The summed E-state index contributed by atoms with van der Waals surface area (Å²) in [5.41, 5.74) is 3.46. The molecule has 0 aliphatic carbocycles. The normalized spacial score (nSPS) is 12.0. The predicted molar refractivity (Wildman–Crippen MR) is 160 cm³/mol. The number of amides is 3. The SMILES string of the molecule is Cc1ccccc1/C=C(\NC(=O)c1ccccc1)C(=O)Nc1cccc(SCC(=O)Nc2ccc3c(c2)OCO3)c1. The van der Waals surface area contributed by atoms with E-state index in [9.17, 15) is 14.4 Å². The number of anilines is 2. The third-order valence-corrected chi connectivity index (χ3v) is 7.13. The highest BCUT2D eigenvalue weighted by molar-refractivity contribution is 8.00. The Kier molecular flexibility index (Phi) is 8.66. The van der Waals surface area contributed by atoms with Crippen LogP contribution >= 0.6 is 11.8 Å². The van der Waals surface area contributed by atoms with Crippen molar-refractivity contribution < 1.29 is 23.9 Å². The van der Waals surface area contributed by atoms with Gasteiger partial charge < -0.3 is 25.4 Å². The lowest BCUT2D eigenvalue weighted by Gasteiger charge is -2.13. The number of thioether (sulfide) groups is 1. The van der Waals surface area contributed by atoms with E-state index in [2.05, 4.69) is 16.0 Å². The molecule has 8 nitrogen and oxygen atoms in total. The molecule has 3 N–H and O–H groups in total. The Balaban J connectivity index is 1.25. The summed E-state index contributed by atoms with van der Waals surface area (Å²) in [6, 6.07) is 28.7. The summed E-state index contributed by atoms with van der Waals surface area (Å²) in [5, 5.41) is 8.48. The molecule has 0 bridgehead atoms. The summed E-state index contributed by atoms with van der Waals surface area (Å²) < 4.78 is 10.7. The number of carbonyl (C=O) groups is 3. The lowest BCUT2D eigenvalue weighted by molar-refractivity contribution is -0.114. The van der Waals surface area contributed by atoms with Gasteiger partial charge in [0.15, 0.2) is 11.5 Å². The Bertz CT molecular complexity index is 1620. The lowest BCUT2D eigenvalue weighted by Crippen LogP contribution is -2.30. The molecule has 0 aromatic heterocycles. The van der Waals surface area contributed by atoms with Crippen molar-refractivity contribution in [3.05, 3.63) is 119 Å². The Morgan fingerprint density at radius 2 is 1.56 bits per heavy atom. The van der Waals surface area contributed by atoms with E-state index in [1.807, 2.05) is 43.3 Å². The number of fused-ring (bicyclic) bond motifs is 1. The fourth-order valence-electron chi connectivity index (χ4n) is 4.03. The van der Waals surface area contributed by atoms with Gasteiger partial charge in [0.05, 0.1) is 5.75 Å². The van der Waals surface area contributed by atoms with Crippen molar-refractivity contribution in [3.63, 3.8) is 0 Å². The highest BCUT2D eigenvalue weighted by Crippen LogP contribution is 2.34. The topological polar surface area (TPSA) is 106 Å². The molecule has 1 heterocycles. The van der Waals surface area contributed by atoms with Gasteiger partial charge in [-0.3, -0.25) is 14.4 Å². The largest absolute Gasteiger partial charge is 0.454 e. The minimum absolute atomic E-state index is 0.106. The zero-order chi connectivity index (χ0) is 28.6. The second kappa shape index (κ2) is 12.9. The van der Waals surface area contributed by atoms with Crippen LogP contribution in [-0.2, 0) is 9.59 Å². The number of nitrogens with one attached hydrogen (secondary N) is 3. The van der Waals surface area contributed by atoms with E-state index in [1.54, 1.807) is 66.7 Å². The zero-order valence-electron chi connectivity index (χ0n) is 22.2. The molecule has 4 aromatic rings. The van der Waals surface area contributed by atoms with E-state index in [1.165, 1.54) is 11.8 Å². The molecule has 3 amide bonds. The summed E-state index contributed by atoms with van der Waals surface area (Å²) >= 11 is 1.33. The van der Waals surface area contributed by atoms with Gasteiger partial charge in [0.25, 0.3) is 11.8 Å². The van der Waals surface area contributed by atoms with E-state index in [0.717, 1.165) is 16.0 Å². The van der Waals surface area contributed by atoms with Gasteiger partial charge in [-0.05, 0) is 66.6 Å². The summed E-state index contributed by atoms with van der Waals surface area (Å²) in [6.07, 6.45) is 1.66. The van der Waals surface area contributed by atoms with Gasteiger partial charge in [-0.25, -0.2) is 0 Å². The van der Waals surface area contributed by atoms with Crippen LogP contribution in [-0.4, -0.2) is 30.3 Å². The quantitative estimate of drug-likeness (QED) is 0.173. The van der Waals surface area contributed by atoms with Crippen molar-refractivity contribution in [2.75, 3.05) is 23.2 Å². The maximum Gasteiger partial charge on any atom is 0.272 e. The van der Waals surface area contributed by atoms with Crippen molar-refractivity contribution >= 4 is 46.9 Å². The fourth-order valence-corrected chi connectivity index (χ4v) is 4.78. The third-order valence-electron chi connectivity index (χ3n) is 6.14. The molecular formula is C32H27N3O5S. The monoisotopic (exact) mass is 565 g/mol. The standard InChI is InChI=1S/C32H27N3O5S/c1-21-8-5-6-11-23(21)16-27(35-31(37)22-9-3-2-4-10-22)32(38)34-24-12-7-13-26(17-24)41-19-30(36)33-25-14-15-28-29(18-25)40-20-39-28/h2-18H,19-20H2,1H3,(H,33,36)(H,34,38)(H,35,37)/b27-16-. The minimum atomic E-state index is -0.472. The first-order valence-corrected chi connectivity index (χ1v) is 13.8. The van der Waals surface area contributed by atoms with Crippen LogP contribution in [0, 0.1) is 6.92 Å². The molecule has 1 aliphatic heterocycles. The van der Waals surface area contributed by atoms with Crippen molar-refractivity contribution in [1.29, 1.82) is 0 Å². The second-order valence-corrected chi connectivity index (χ2v) is 10.2. The molecule has 1 aliphatic rings. The Morgan fingerprint density at radius 3 is 2.39 bits per heavy atom. The molecule has 0 unspecified atom stereocenters. The van der Waals surface area contributed by atoms with Crippen LogP contribution in [0.3, 0.4) is 0 Å². The van der Waals surface area contributed by atoms with Crippen molar-refractivity contribution in [1.82, 2.24) is 5.32 Å².